The zero-order valence-electron chi connectivity index (χ0n) is 18.8. The molecule has 2 heterocycles. The number of nitrogen functional groups attached to an aromatic ring is 1. The number of nitrogens with zero attached hydrogens (tertiary/aromatic N) is 1. The van der Waals surface area contributed by atoms with Crippen LogP contribution >= 0.6 is 18.9 Å². The van der Waals surface area contributed by atoms with Crippen LogP contribution in [0.3, 0.4) is 0 Å². The van der Waals surface area contributed by atoms with Gasteiger partial charge in [-0.05, 0) is 35.7 Å². The van der Waals surface area contributed by atoms with E-state index in [4.69, 9.17) is 10.4 Å². The number of carboxylic acid groups (broad SMARTS) is 1. The molecule has 1 aliphatic rings. The van der Waals surface area contributed by atoms with Crippen LogP contribution in [-0.4, -0.2) is 55.7 Å². The monoisotopic (exact) mass is 546 g/mol. The highest BCUT2D eigenvalue weighted by Crippen LogP contribution is 2.33. The van der Waals surface area contributed by atoms with E-state index in [1.54, 1.807) is 6.07 Å². The molecule has 8 N–H and O–H groups in total. The minimum Gasteiger partial charge on any atom is -0.534 e. The Morgan fingerprint density at radius 2 is 1.89 bits per heavy atom. The van der Waals surface area contributed by atoms with Crippen molar-refractivity contribution in [3.05, 3.63) is 70.2 Å². The van der Waals surface area contributed by atoms with E-state index in [-0.39, 0.29) is 39.4 Å². The Morgan fingerprint density at radius 3 is 2.49 bits per heavy atom. The lowest BCUT2D eigenvalue weighted by Crippen LogP contribution is -2.55. The van der Waals surface area contributed by atoms with Gasteiger partial charge in [-0.1, -0.05) is 24.3 Å². The molecule has 0 saturated carbocycles. The van der Waals surface area contributed by atoms with Gasteiger partial charge in [-0.15, -0.1) is 11.3 Å². The van der Waals surface area contributed by atoms with Crippen LogP contribution in [-0.2, 0) is 15.8 Å². The summed E-state index contributed by atoms with van der Waals surface area (Å²) in [5.74, 6) is -3.76. The minimum atomic E-state index is -4.55. The lowest BCUT2D eigenvalue weighted by Gasteiger charge is -2.30. The largest absolute Gasteiger partial charge is 0.547 e. The Morgan fingerprint density at radius 1 is 1.19 bits per heavy atom. The number of nitrogens with one attached hydrogen (secondary N) is 2. The maximum Gasteiger partial charge on any atom is 0.547 e. The topological polar surface area (TPSA) is 221 Å². The van der Waals surface area contributed by atoms with Crippen molar-refractivity contribution in [2.24, 2.45) is 0 Å². The number of thiazole rings is 1. The normalized spacial score (nSPS) is 15.8. The Labute approximate surface area is 213 Å². The molecule has 37 heavy (non-hydrogen) atoms. The molecular formula is C21H20BN4O9PS. The fraction of sp³-hybridized carbons (Fsp3) is 0.143. The van der Waals surface area contributed by atoms with Crippen LogP contribution in [0, 0.1) is 0 Å². The van der Waals surface area contributed by atoms with Crippen LogP contribution in [0.15, 0.2) is 47.8 Å². The van der Waals surface area contributed by atoms with Crippen molar-refractivity contribution in [2.45, 2.75) is 18.4 Å². The number of anilines is 1. The minimum absolute atomic E-state index is 0.00741. The van der Waals surface area contributed by atoms with Crippen molar-refractivity contribution < 1.29 is 43.5 Å². The number of amides is 2. The summed E-state index contributed by atoms with van der Waals surface area (Å²) in [5, 5.41) is 26.2. The molecule has 0 aliphatic carbocycles. The van der Waals surface area contributed by atoms with Crippen molar-refractivity contribution >= 4 is 54.3 Å². The number of para-hydroxylation sites is 1. The van der Waals surface area contributed by atoms with Gasteiger partial charge in [0.25, 0.3) is 5.91 Å². The quantitative estimate of drug-likeness (QED) is 0.152. The number of aromatic carboxylic acids is 1. The maximum absolute atomic E-state index is 13.3. The molecule has 0 unspecified atom stereocenters. The van der Waals surface area contributed by atoms with Crippen molar-refractivity contribution in [3.63, 3.8) is 0 Å². The number of hydrogen-bond donors (Lipinski definition) is 7. The molecule has 1 aromatic heterocycles. The average Bonchev–Trinajstić information content (AvgIpc) is 3.28. The molecule has 2 atom stereocenters. The summed E-state index contributed by atoms with van der Waals surface area (Å²) in [6.45, 7) is 0. The number of nitrogens with two attached hydrogens (primary N) is 1. The number of benzene rings is 2. The van der Waals surface area contributed by atoms with Crippen LogP contribution in [0.4, 0.5) is 5.13 Å². The Hall–Kier alpha value is -3.75. The lowest BCUT2D eigenvalue weighted by atomic mass is 9.72. The molecule has 13 nitrogen and oxygen atoms in total. The number of aromatic nitrogens is 1. The van der Waals surface area contributed by atoms with Gasteiger partial charge in [0.2, 0.25) is 5.91 Å². The van der Waals surface area contributed by atoms with Crippen LogP contribution in [0.25, 0.3) is 0 Å². The van der Waals surface area contributed by atoms with Crippen molar-refractivity contribution in [1.82, 2.24) is 15.6 Å². The third-order valence-corrected chi connectivity index (χ3v) is 7.18. The molecule has 0 saturated heterocycles. The first-order valence-electron chi connectivity index (χ1n) is 10.6. The van der Waals surface area contributed by atoms with Gasteiger partial charge < -0.3 is 40.9 Å². The standard InChI is InChI=1S/C21H20BN4O9PS/c23-21-24-14(9-37-21)18(27)26-16(10-4-6-12(7-5-10)36(32,33)34)19(28)25-15-8-11-2-1-3-13(20(29)30)17(11)35-22(15)31/h1-7,9,15-16,31H,8H2,(H2,23,24)(H,25,28)(H,26,27)(H,29,30)(H2,32,33,34)/t15-,16-/m0/s1. The molecule has 192 valence electrons. The molecule has 2 aromatic carbocycles. The highest BCUT2D eigenvalue weighted by atomic mass is 32.1. The summed E-state index contributed by atoms with van der Waals surface area (Å²) in [6.07, 6.45) is 0.0315. The van der Waals surface area contributed by atoms with E-state index in [0.717, 1.165) is 23.5 Å². The molecule has 4 rings (SSSR count). The number of hydrogen-bond acceptors (Lipinski definition) is 9. The van der Waals surface area contributed by atoms with Gasteiger partial charge >= 0.3 is 20.7 Å². The average molecular weight is 546 g/mol. The van der Waals surface area contributed by atoms with E-state index in [1.807, 2.05) is 0 Å². The van der Waals surface area contributed by atoms with Gasteiger partial charge in [-0.3, -0.25) is 14.2 Å². The van der Waals surface area contributed by atoms with Crippen molar-refractivity contribution in [2.75, 3.05) is 5.73 Å². The molecule has 1 aliphatic heterocycles. The third-order valence-electron chi connectivity index (χ3n) is 5.53. The van der Waals surface area contributed by atoms with Crippen LogP contribution in [0.2, 0.25) is 0 Å². The van der Waals surface area contributed by atoms with E-state index in [9.17, 15) is 38.9 Å². The molecule has 0 spiro atoms. The summed E-state index contributed by atoms with van der Waals surface area (Å²) in [4.78, 5) is 60.1. The number of carboxylic acids is 1. The fourth-order valence-electron chi connectivity index (χ4n) is 3.74. The van der Waals surface area contributed by atoms with E-state index >= 15 is 0 Å². The summed E-state index contributed by atoms with van der Waals surface area (Å²) in [5.41, 5.74) is 6.03. The molecule has 3 aromatic rings. The first-order valence-corrected chi connectivity index (χ1v) is 13.1. The van der Waals surface area contributed by atoms with E-state index in [0.29, 0.717) is 5.56 Å². The van der Waals surface area contributed by atoms with Gasteiger partial charge in [0.15, 0.2) is 5.13 Å². The predicted molar refractivity (Wildman–Crippen MR) is 132 cm³/mol. The number of carbonyl (C=O) groups excluding carboxylic acids is 2. The van der Waals surface area contributed by atoms with E-state index < -0.39 is 44.5 Å². The van der Waals surface area contributed by atoms with Gasteiger partial charge in [0.05, 0.1) is 16.8 Å². The van der Waals surface area contributed by atoms with Crippen LogP contribution in [0.5, 0.6) is 5.75 Å². The van der Waals surface area contributed by atoms with Crippen LogP contribution < -0.4 is 26.3 Å². The number of rotatable bonds is 7. The molecule has 0 fully saturated rings. The van der Waals surface area contributed by atoms with E-state index in [2.05, 4.69) is 15.6 Å². The molecule has 2 amide bonds. The predicted octanol–water partition coefficient (Wildman–Crippen LogP) is -0.163. The van der Waals surface area contributed by atoms with Gasteiger partial charge in [0, 0.05) is 5.38 Å². The van der Waals surface area contributed by atoms with Crippen molar-refractivity contribution in [3.8, 4) is 5.75 Å². The summed E-state index contributed by atoms with van der Waals surface area (Å²) in [6, 6.07) is 7.88. The van der Waals surface area contributed by atoms with Gasteiger partial charge in [-0.25, -0.2) is 9.78 Å². The first kappa shape index (κ1) is 26.3. The highest BCUT2D eigenvalue weighted by Gasteiger charge is 2.39. The Bertz CT molecular complexity index is 1410. The SMILES string of the molecule is Nc1nc(C(=O)N[C@H](C(=O)N[C@H]2Cc3cccc(C(=O)O)c3OB2O)c2ccc(P(=O)(O)O)cc2)cs1. The second kappa shape index (κ2) is 10.3. The van der Waals surface area contributed by atoms with Gasteiger partial charge in [0.1, 0.15) is 17.5 Å². The fourth-order valence-corrected chi connectivity index (χ4v) is 4.82. The highest BCUT2D eigenvalue weighted by molar-refractivity contribution is 7.60. The molecule has 0 bridgehead atoms. The maximum atomic E-state index is 13.3. The van der Waals surface area contributed by atoms with Crippen LogP contribution in [0.1, 0.15) is 38.0 Å². The third kappa shape index (κ3) is 5.82. The zero-order chi connectivity index (χ0) is 26.9. The second-order valence-electron chi connectivity index (χ2n) is 8.04. The zero-order valence-corrected chi connectivity index (χ0v) is 20.5. The van der Waals surface area contributed by atoms with Gasteiger partial charge in [-0.2, -0.15) is 0 Å². The number of fused-ring (bicyclic) bond motifs is 1. The second-order valence-corrected chi connectivity index (χ2v) is 10.5. The lowest BCUT2D eigenvalue weighted by molar-refractivity contribution is -0.123. The van der Waals surface area contributed by atoms with E-state index in [1.165, 1.54) is 29.6 Å². The summed E-state index contributed by atoms with van der Waals surface area (Å²) < 4.78 is 16.9. The van der Waals surface area contributed by atoms with Crippen molar-refractivity contribution in [1.29, 1.82) is 0 Å². The Balaban J connectivity index is 1.60. The summed E-state index contributed by atoms with van der Waals surface area (Å²) in [7, 11) is -6.14. The molecule has 16 heteroatoms. The smallest absolute Gasteiger partial charge is 0.534 e. The summed E-state index contributed by atoms with van der Waals surface area (Å²) >= 11 is 1.02. The number of carbonyl (C=O) groups is 3. The first-order chi connectivity index (χ1) is 17.4. The molecular weight excluding hydrogens is 526 g/mol. The Kier molecular flexibility index (Phi) is 7.34. The molecule has 0 radical (unpaired) electrons.